The summed E-state index contributed by atoms with van der Waals surface area (Å²) in [5, 5.41) is 121. The molecule has 3 saturated heterocycles. The van der Waals surface area contributed by atoms with Crippen molar-refractivity contribution in [3.8, 4) is 0 Å². The third-order valence-corrected chi connectivity index (χ3v) is 17.8. The van der Waals surface area contributed by atoms with Crippen molar-refractivity contribution in [3.63, 3.8) is 0 Å². The summed E-state index contributed by atoms with van der Waals surface area (Å²) < 4.78 is 34.4. The van der Waals surface area contributed by atoms with Gasteiger partial charge in [0.15, 0.2) is 18.9 Å². The second-order valence-corrected chi connectivity index (χ2v) is 26.4. The molecule has 12 N–H and O–H groups in total. The van der Waals surface area contributed by atoms with E-state index in [0.29, 0.717) is 12.8 Å². The third-order valence-electron chi connectivity index (χ3n) is 17.8. The van der Waals surface area contributed by atoms with Gasteiger partial charge in [-0.1, -0.05) is 250 Å². The van der Waals surface area contributed by atoms with Crippen LogP contribution in [0.5, 0.6) is 0 Å². The molecule has 0 aliphatic carbocycles. The van der Waals surface area contributed by atoms with Gasteiger partial charge in [0.2, 0.25) is 5.91 Å². The first-order valence-corrected chi connectivity index (χ1v) is 38.1. The maximum Gasteiger partial charge on any atom is 0.220 e. The third kappa shape index (κ3) is 40.1. The summed E-state index contributed by atoms with van der Waals surface area (Å²) in [5.74, 6) is -0.314. The van der Waals surface area contributed by atoms with E-state index >= 15 is 0 Å². The van der Waals surface area contributed by atoms with Crippen LogP contribution in [-0.4, -0.2) is 193 Å². The van der Waals surface area contributed by atoms with Gasteiger partial charge in [-0.3, -0.25) is 4.79 Å². The first-order valence-electron chi connectivity index (χ1n) is 38.1. The lowest BCUT2D eigenvalue weighted by Gasteiger charge is -2.48. The van der Waals surface area contributed by atoms with Gasteiger partial charge >= 0.3 is 0 Å². The summed E-state index contributed by atoms with van der Waals surface area (Å²) >= 11 is 0. The van der Waals surface area contributed by atoms with E-state index in [2.05, 4.69) is 153 Å². The topological polar surface area (TPSA) is 307 Å². The molecule has 19 nitrogen and oxygen atoms in total. The molecule has 0 aromatic heterocycles. The summed E-state index contributed by atoms with van der Waals surface area (Å²) in [4.78, 5) is 13.4. The van der Waals surface area contributed by atoms with E-state index in [1.165, 1.54) is 77.0 Å². The number of hydrogen-bond donors (Lipinski definition) is 12. The maximum atomic E-state index is 13.4. The molecule has 0 aromatic rings. The molecule has 0 radical (unpaired) electrons. The largest absolute Gasteiger partial charge is 0.394 e. The number of carbonyl (C=O) groups is 1. The van der Waals surface area contributed by atoms with Crippen molar-refractivity contribution in [3.05, 3.63) is 146 Å². The van der Waals surface area contributed by atoms with Gasteiger partial charge in [-0.05, 0) is 116 Å². The Hall–Kier alpha value is -4.33. The van der Waals surface area contributed by atoms with E-state index in [-0.39, 0.29) is 12.3 Å². The van der Waals surface area contributed by atoms with Crippen LogP contribution in [0.3, 0.4) is 0 Å². The van der Waals surface area contributed by atoms with E-state index in [1.807, 2.05) is 6.08 Å². The molecule has 1 amide bonds. The highest BCUT2D eigenvalue weighted by molar-refractivity contribution is 5.76. The Morgan fingerprint density at radius 1 is 0.370 bits per heavy atom. The van der Waals surface area contributed by atoms with Gasteiger partial charge < -0.3 is 89.9 Å². The molecule has 3 fully saturated rings. The predicted octanol–water partition coefficient (Wildman–Crippen LogP) is 11.9. The standard InChI is InChI=1S/C81H133NO18/c1-3-5-7-9-11-13-15-17-19-21-23-25-27-28-29-30-31-32-33-34-35-36-37-39-41-43-45-47-49-51-53-55-57-59-69(87)82-64(65(86)58-56-54-52-50-48-46-44-42-40-38-26-24-22-20-18-16-14-12-10-8-6-4-2)63-95-79-75(93)72(90)77(67(61-84)97-79)100-81-76(94)73(91)78(68(62-85)98-81)99-80-74(92)71(89)70(88)66(60-83)96-80/h5,7,11,13,17,19,23,25,28-29,31-32,34-35,37,39-40,42-43,45,48,50,56,58,64-68,70-81,83-86,88-94H,3-4,6,8-10,12,14-16,18,20-22,24,26-27,30,33,36,38,41,44,46-47,49,51-55,57,59-63H2,1-2H3,(H,82,87)/b7-5-,13-11-,19-17-,25-23-,29-28-,32-31-,35-34-,39-37-,42-40+,45-43-,50-48+,58-56+. The van der Waals surface area contributed by atoms with Gasteiger partial charge in [0.25, 0.3) is 0 Å². The summed E-state index contributed by atoms with van der Waals surface area (Å²) in [6, 6.07) is -1.02. The Labute approximate surface area is 600 Å². The number of aliphatic hydroxyl groups is 11. The Kier molecular flexibility index (Phi) is 53.9. The maximum absolute atomic E-state index is 13.4. The number of rotatable bonds is 57. The lowest BCUT2D eigenvalue weighted by molar-refractivity contribution is -0.379. The molecule has 3 aliphatic rings. The van der Waals surface area contributed by atoms with Crippen LogP contribution >= 0.6 is 0 Å². The van der Waals surface area contributed by atoms with Crippen molar-refractivity contribution >= 4 is 5.91 Å². The highest BCUT2D eigenvalue weighted by Crippen LogP contribution is 2.33. The molecule has 0 aromatic carbocycles. The second kappa shape index (κ2) is 60.0. The zero-order chi connectivity index (χ0) is 72.5. The van der Waals surface area contributed by atoms with Gasteiger partial charge in [0, 0.05) is 6.42 Å². The van der Waals surface area contributed by atoms with E-state index in [4.69, 9.17) is 28.4 Å². The Balaban J connectivity index is 1.43. The molecule has 19 heteroatoms. The van der Waals surface area contributed by atoms with Crippen LogP contribution in [0, 0.1) is 0 Å². The monoisotopic (exact) mass is 1410 g/mol. The smallest absolute Gasteiger partial charge is 0.220 e. The van der Waals surface area contributed by atoms with Crippen LogP contribution in [0.2, 0.25) is 0 Å². The molecule has 17 unspecified atom stereocenters. The number of hydrogen-bond acceptors (Lipinski definition) is 18. The lowest BCUT2D eigenvalue weighted by atomic mass is 9.96. The minimum atomic E-state index is -1.99. The second-order valence-electron chi connectivity index (χ2n) is 26.4. The molecule has 3 aliphatic heterocycles. The van der Waals surface area contributed by atoms with Gasteiger partial charge in [-0.2, -0.15) is 0 Å². The predicted molar refractivity (Wildman–Crippen MR) is 396 cm³/mol. The van der Waals surface area contributed by atoms with Crippen molar-refractivity contribution in [1.29, 1.82) is 0 Å². The molecule has 0 bridgehead atoms. The molecular formula is C81H133NO18. The van der Waals surface area contributed by atoms with Gasteiger partial charge in [0.1, 0.15) is 73.2 Å². The average Bonchev–Trinajstić information content (AvgIpc) is 0.783. The fourth-order valence-electron chi connectivity index (χ4n) is 11.7. The molecule has 3 rings (SSSR count). The van der Waals surface area contributed by atoms with E-state index < -0.39 is 131 Å². The van der Waals surface area contributed by atoms with E-state index in [1.54, 1.807) is 6.08 Å². The van der Waals surface area contributed by atoms with Gasteiger partial charge in [0.05, 0.1) is 38.6 Å². The van der Waals surface area contributed by atoms with Crippen molar-refractivity contribution in [2.24, 2.45) is 0 Å². The number of ether oxygens (including phenoxy) is 6. The zero-order valence-corrected chi connectivity index (χ0v) is 60.6. The first-order chi connectivity index (χ1) is 48.8. The van der Waals surface area contributed by atoms with Gasteiger partial charge in [-0.25, -0.2) is 0 Å². The normalized spacial score (nSPS) is 27.3. The number of aliphatic hydroxyl groups excluding tert-OH is 11. The number of unbranched alkanes of at least 4 members (excludes halogenated alkanes) is 19. The quantitative estimate of drug-likeness (QED) is 0.0199. The average molecular weight is 1410 g/mol. The highest BCUT2D eigenvalue weighted by atomic mass is 16.8. The fraction of sp³-hybridized carbons (Fsp3) is 0.691. The minimum absolute atomic E-state index is 0.199. The minimum Gasteiger partial charge on any atom is -0.394 e. The number of amides is 1. The van der Waals surface area contributed by atoms with Crippen molar-refractivity contribution in [2.45, 2.75) is 330 Å². The summed E-state index contributed by atoms with van der Waals surface area (Å²) in [5.41, 5.74) is 0. The highest BCUT2D eigenvalue weighted by Gasteiger charge is 2.53. The lowest BCUT2D eigenvalue weighted by Crippen LogP contribution is -2.66. The van der Waals surface area contributed by atoms with Crippen molar-refractivity contribution < 1.29 is 89.4 Å². The van der Waals surface area contributed by atoms with Crippen LogP contribution in [0.15, 0.2) is 146 Å². The van der Waals surface area contributed by atoms with Crippen molar-refractivity contribution in [2.75, 3.05) is 26.4 Å². The van der Waals surface area contributed by atoms with Crippen molar-refractivity contribution in [1.82, 2.24) is 5.32 Å². The van der Waals surface area contributed by atoms with Crippen LogP contribution in [-0.2, 0) is 33.2 Å². The summed E-state index contributed by atoms with van der Waals surface area (Å²) in [6.45, 7) is 1.57. The Morgan fingerprint density at radius 3 is 1.12 bits per heavy atom. The number of carbonyl (C=O) groups excluding carboxylic acids is 1. The molecule has 0 saturated carbocycles. The van der Waals surface area contributed by atoms with Crippen LogP contribution in [0.25, 0.3) is 0 Å². The molecule has 0 spiro atoms. The Morgan fingerprint density at radius 2 is 0.700 bits per heavy atom. The fourth-order valence-corrected chi connectivity index (χ4v) is 11.7. The molecular weight excluding hydrogens is 1270 g/mol. The number of allylic oxidation sites excluding steroid dienone is 23. The molecule has 570 valence electrons. The zero-order valence-electron chi connectivity index (χ0n) is 60.6. The van der Waals surface area contributed by atoms with Gasteiger partial charge in [-0.15, -0.1) is 0 Å². The molecule has 3 heterocycles. The van der Waals surface area contributed by atoms with Crippen LogP contribution in [0.1, 0.15) is 226 Å². The summed E-state index contributed by atoms with van der Waals surface area (Å²) in [6.07, 6.45) is 59.6. The van der Waals surface area contributed by atoms with E-state index in [9.17, 15) is 61.0 Å². The number of nitrogens with one attached hydrogen (secondary N) is 1. The SMILES string of the molecule is CC/C=C\C/C=C\C/C=C\C/C=C\C/C=C\C/C=C\C/C=C\C/C=C\C/C=C\CCCCCCCC(=O)NC(COC1OC(CO)C(OC2OC(CO)C(OC3OC(CO)C(O)C(O)C3O)C(O)C2O)C(O)C1O)C(O)/C=C/CC/C=C/CC/C=C/CCCCCCCCCCCCCC. The first kappa shape index (κ1) is 89.9. The van der Waals surface area contributed by atoms with Crippen LogP contribution < -0.4 is 5.32 Å². The molecule has 100 heavy (non-hydrogen) atoms. The summed E-state index contributed by atoms with van der Waals surface area (Å²) in [7, 11) is 0. The Bertz CT molecular complexity index is 2380. The van der Waals surface area contributed by atoms with E-state index in [0.717, 1.165) is 116 Å². The van der Waals surface area contributed by atoms with Crippen LogP contribution in [0.4, 0.5) is 0 Å². The molecule has 17 atom stereocenters.